The number of likely N-dealkylation sites (N-methyl/N-ethyl adjacent to an activating group) is 1. The lowest BCUT2D eigenvalue weighted by atomic mass is 9.50. The van der Waals surface area contributed by atoms with Crippen molar-refractivity contribution in [2.24, 2.45) is 11.8 Å². The minimum absolute atomic E-state index is 0. The lowest BCUT2D eigenvalue weighted by Crippen LogP contribution is -3.06. The van der Waals surface area contributed by atoms with Crippen LogP contribution in [0.5, 0.6) is 0 Å². The van der Waals surface area contributed by atoms with E-state index >= 15 is 0 Å². The number of benzene rings is 1. The summed E-state index contributed by atoms with van der Waals surface area (Å²) in [7, 11) is 4.44. The molecule has 2 saturated carbocycles. The second-order valence-corrected chi connectivity index (χ2v) is 7.98. The fourth-order valence-corrected chi connectivity index (χ4v) is 5.61. The van der Waals surface area contributed by atoms with Gasteiger partial charge in [0.1, 0.15) is 6.54 Å². The van der Waals surface area contributed by atoms with Crippen molar-refractivity contribution in [2.45, 2.75) is 50.0 Å². The van der Waals surface area contributed by atoms with Gasteiger partial charge in [0.05, 0.1) is 26.3 Å². The zero-order chi connectivity index (χ0) is 15.2. The molecule has 128 valence electrons. The smallest absolute Gasteiger partial charge is 0.100 e. The lowest BCUT2D eigenvalue weighted by Gasteiger charge is -2.58. The third-order valence-electron chi connectivity index (χ3n) is 6.54. The van der Waals surface area contributed by atoms with Gasteiger partial charge in [0, 0.05) is 0 Å². The van der Waals surface area contributed by atoms with Crippen LogP contribution in [0.25, 0.3) is 0 Å². The van der Waals surface area contributed by atoms with E-state index in [-0.39, 0.29) is 18.0 Å². The summed E-state index contributed by atoms with van der Waals surface area (Å²) < 4.78 is 6.74. The molecule has 2 nitrogen and oxygen atoms in total. The number of ether oxygens (including phenoxy) is 1. The van der Waals surface area contributed by atoms with Crippen LogP contribution in [0.2, 0.25) is 0 Å². The van der Waals surface area contributed by atoms with E-state index in [9.17, 15) is 0 Å². The first-order valence-electron chi connectivity index (χ1n) is 9.25. The SMILES string of the molecule is C[NH+](C)CCOC12CCC(c3ccccc31)C1CCCCC12.[Cl-]. The molecule has 2 fully saturated rings. The van der Waals surface area contributed by atoms with Crippen molar-refractivity contribution in [2.75, 3.05) is 27.2 Å². The average molecular weight is 336 g/mol. The van der Waals surface area contributed by atoms with E-state index in [1.807, 2.05) is 0 Å². The van der Waals surface area contributed by atoms with Crippen LogP contribution < -0.4 is 17.3 Å². The van der Waals surface area contributed by atoms with E-state index in [1.54, 1.807) is 11.1 Å². The van der Waals surface area contributed by atoms with Crippen molar-refractivity contribution in [1.82, 2.24) is 0 Å². The summed E-state index contributed by atoms with van der Waals surface area (Å²) in [5.74, 6) is 2.46. The number of quaternary nitrogens is 1. The fraction of sp³-hybridized carbons (Fsp3) is 0.700. The average Bonchev–Trinajstić information content (AvgIpc) is 2.55. The Kier molecular flexibility index (Phi) is 5.06. The third kappa shape index (κ3) is 2.73. The maximum absolute atomic E-state index is 6.74. The second kappa shape index (κ2) is 6.74. The predicted octanol–water partition coefficient (Wildman–Crippen LogP) is -0.256. The van der Waals surface area contributed by atoms with Crippen LogP contribution in [0.3, 0.4) is 0 Å². The highest BCUT2D eigenvalue weighted by molar-refractivity contribution is 5.42. The molecule has 4 atom stereocenters. The van der Waals surface area contributed by atoms with Gasteiger partial charge < -0.3 is 22.0 Å². The Morgan fingerprint density at radius 1 is 1.13 bits per heavy atom. The van der Waals surface area contributed by atoms with Crippen LogP contribution >= 0.6 is 0 Å². The molecule has 5 rings (SSSR count). The van der Waals surface area contributed by atoms with Gasteiger partial charge in [-0.15, -0.1) is 0 Å². The van der Waals surface area contributed by atoms with Crippen LogP contribution in [0.4, 0.5) is 0 Å². The van der Waals surface area contributed by atoms with Crippen molar-refractivity contribution in [1.29, 1.82) is 0 Å². The Bertz CT molecular complexity index is 546. The molecule has 4 aliphatic carbocycles. The van der Waals surface area contributed by atoms with Gasteiger partial charge in [-0.3, -0.25) is 0 Å². The van der Waals surface area contributed by atoms with Gasteiger partial charge in [-0.05, 0) is 54.6 Å². The van der Waals surface area contributed by atoms with E-state index in [4.69, 9.17) is 4.74 Å². The molecule has 1 aromatic rings. The van der Waals surface area contributed by atoms with Gasteiger partial charge in [-0.1, -0.05) is 37.1 Å². The van der Waals surface area contributed by atoms with E-state index in [0.717, 1.165) is 30.9 Å². The van der Waals surface area contributed by atoms with Crippen LogP contribution in [-0.4, -0.2) is 27.2 Å². The topological polar surface area (TPSA) is 13.7 Å². The minimum Gasteiger partial charge on any atom is -1.00 e. The molecule has 4 aliphatic rings. The fourth-order valence-electron chi connectivity index (χ4n) is 5.61. The van der Waals surface area contributed by atoms with Crippen molar-refractivity contribution in [3.63, 3.8) is 0 Å². The van der Waals surface area contributed by atoms with Gasteiger partial charge in [-0.2, -0.15) is 0 Å². The second-order valence-electron chi connectivity index (χ2n) is 7.98. The van der Waals surface area contributed by atoms with Crippen molar-refractivity contribution in [3.8, 4) is 0 Å². The molecule has 4 unspecified atom stereocenters. The van der Waals surface area contributed by atoms with E-state index in [1.165, 1.54) is 43.4 Å². The molecule has 2 bridgehead atoms. The first kappa shape index (κ1) is 17.3. The first-order chi connectivity index (χ1) is 10.7. The summed E-state index contributed by atoms with van der Waals surface area (Å²) in [5.41, 5.74) is 3.20. The molecule has 0 amide bonds. The Morgan fingerprint density at radius 2 is 1.91 bits per heavy atom. The van der Waals surface area contributed by atoms with Crippen LogP contribution in [-0.2, 0) is 10.3 Å². The van der Waals surface area contributed by atoms with Crippen molar-refractivity contribution < 1.29 is 22.0 Å². The normalized spacial score (nSPS) is 34.7. The molecule has 23 heavy (non-hydrogen) atoms. The highest BCUT2D eigenvalue weighted by Gasteiger charge is 2.57. The maximum Gasteiger partial charge on any atom is 0.100 e. The van der Waals surface area contributed by atoms with E-state index in [2.05, 4.69) is 38.4 Å². The highest BCUT2D eigenvalue weighted by atomic mass is 35.5. The molecule has 0 saturated heterocycles. The molecular formula is C20H30ClNO. The zero-order valence-corrected chi connectivity index (χ0v) is 15.2. The quantitative estimate of drug-likeness (QED) is 0.801. The monoisotopic (exact) mass is 335 g/mol. The number of halogens is 1. The molecule has 0 spiro atoms. The Morgan fingerprint density at radius 3 is 2.74 bits per heavy atom. The van der Waals surface area contributed by atoms with Gasteiger partial charge in [-0.25, -0.2) is 0 Å². The molecule has 3 heteroatoms. The lowest BCUT2D eigenvalue weighted by molar-refractivity contribution is -0.859. The molecule has 0 aromatic heterocycles. The van der Waals surface area contributed by atoms with Crippen LogP contribution in [0.1, 0.15) is 55.6 Å². The molecule has 0 aliphatic heterocycles. The van der Waals surface area contributed by atoms with E-state index < -0.39 is 0 Å². The van der Waals surface area contributed by atoms with Crippen LogP contribution in [0.15, 0.2) is 24.3 Å². The first-order valence-corrected chi connectivity index (χ1v) is 9.25. The standard InChI is InChI=1S/C20H29NO.ClH/c1-21(2)13-14-22-20-12-11-15(16-7-3-5-9-18(16)20)17-8-4-6-10-19(17)20;/h3,5,7,9,15,17,19H,4,6,8,10-14H2,1-2H3;1H. The largest absolute Gasteiger partial charge is 1.00 e. The molecule has 1 N–H and O–H groups in total. The number of fused-ring (bicyclic) bond motifs is 1. The van der Waals surface area contributed by atoms with Crippen LogP contribution in [0, 0.1) is 11.8 Å². The third-order valence-corrected chi connectivity index (χ3v) is 6.54. The Labute approximate surface area is 147 Å². The number of hydrogen-bond donors (Lipinski definition) is 1. The van der Waals surface area contributed by atoms with Gasteiger partial charge in [0.25, 0.3) is 0 Å². The Hall–Kier alpha value is -0.570. The predicted molar refractivity (Wildman–Crippen MR) is 89.2 cm³/mol. The van der Waals surface area contributed by atoms with E-state index in [0.29, 0.717) is 0 Å². The summed E-state index contributed by atoms with van der Waals surface area (Å²) >= 11 is 0. The molecular weight excluding hydrogens is 306 g/mol. The number of rotatable bonds is 4. The maximum atomic E-state index is 6.74. The summed E-state index contributed by atoms with van der Waals surface area (Å²) in [6, 6.07) is 9.21. The number of hydrogen-bond acceptors (Lipinski definition) is 1. The molecule has 0 heterocycles. The summed E-state index contributed by atoms with van der Waals surface area (Å²) in [4.78, 5) is 1.48. The van der Waals surface area contributed by atoms with Gasteiger partial charge >= 0.3 is 0 Å². The molecule has 1 aromatic carbocycles. The number of nitrogens with one attached hydrogen (secondary N) is 1. The van der Waals surface area contributed by atoms with Crippen molar-refractivity contribution in [3.05, 3.63) is 35.4 Å². The summed E-state index contributed by atoms with van der Waals surface area (Å²) in [6.07, 6.45) is 8.22. The van der Waals surface area contributed by atoms with Gasteiger partial charge in [0.2, 0.25) is 0 Å². The van der Waals surface area contributed by atoms with Gasteiger partial charge in [0.15, 0.2) is 0 Å². The zero-order valence-electron chi connectivity index (χ0n) is 14.5. The van der Waals surface area contributed by atoms with Crippen molar-refractivity contribution >= 4 is 0 Å². The Balaban J connectivity index is 0.00000156. The summed E-state index contributed by atoms with van der Waals surface area (Å²) in [5, 5.41) is 0. The molecule has 0 radical (unpaired) electrons. The summed E-state index contributed by atoms with van der Waals surface area (Å²) in [6.45, 7) is 2.00. The minimum atomic E-state index is 0. The highest BCUT2D eigenvalue weighted by Crippen LogP contribution is 2.63.